The number of thioether (sulfide) groups is 1. The van der Waals surface area contributed by atoms with Crippen LogP contribution in [0.1, 0.15) is 38.6 Å². The predicted molar refractivity (Wildman–Crippen MR) is 124 cm³/mol. The smallest absolute Gasteiger partial charge is 0.412 e. The van der Waals surface area contributed by atoms with Gasteiger partial charge in [0.05, 0.1) is 6.61 Å². The van der Waals surface area contributed by atoms with Gasteiger partial charge in [0.2, 0.25) is 5.91 Å². The fraction of sp³-hybridized carbons (Fsp3) is 0.591. The fourth-order valence-corrected chi connectivity index (χ4v) is 5.19. The van der Waals surface area contributed by atoms with Crippen molar-refractivity contribution in [2.75, 3.05) is 38.5 Å². The van der Waals surface area contributed by atoms with Crippen LogP contribution in [0.5, 0.6) is 0 Å². The van der Waals surface area contributed by atoms with Gasteiger partial charge in [0.1, 0.15) is 17.0 Å². The molecule has 0 aromatic heterocycles. The van der Waals surface area contributed by atoms with Crippen molar-refractivity contribution in [2.45, 2.75) is 44.7 Å². The molecule has 2 aliphatic heterocycles. The Labute approximate surface area is 198 Å². The molecule has 2 atom stereocenters. The molecule has 2 heterocycles. The zero-order valence-corrected chi connectivity index (χ0v) is 20.4. The molecule has 0 N–H and O–H groups in total. The third-order valence-corrected chi connectivity index (χ3v) is 6.74. The number of rotatable bonds is 3. The molecule has 0 aliphatic carbocycles. The van der Waals surface area contributed by atoms with Crippen LogP contribution in [0, 0.1) is 0 Å². The van der Waals surface area contributed by atoms with Crippen LogP contribution >= 0.6 is 23.4 Å². The van der Waals surface area contributed by atoms with Gasteiger partial charge in [-0.25, -0.2) is 9.59 Å². The molecular weight excluding hydrogens is 454 g/mol. The van der Waals surface area contributed by atoms with Gasteiger partial charge < -0.3 is 19.3 Å². The maximum absolute atomic E-state index is 13.4. The van der Waals surface area contributed by atoms with E-state index in [0.717, 1.165) is 5.56 Å². The quantitative estimate of drug-likeness (QED) is 0.646. The molecule has 0 spiro atoms. The number of carbonyl (C=O) groups excluding carboxylic acids is 3. The molecule has 1 aromatic carbocycles. The molecule has 1 aromatic rings. The second-order valence-corrected chi connectivity index (χ2v) is 10.2. The lowest BCUT2D eigenvalue weighted by atomic mass is 10.1. The third-order valence-electron chi connectivity index (χ3n) is 5.16. The van der Waals surface area contributed by atoms with Crippen LogP contribution in [0.4, 0.5) is 9.59 Å². The Balaban J connectivity index is 1.76. The Hall–Kier alpha value is -2.13. The van der Waals surface area contributed by atoms with E-state index < -0.39 is 17.7 Å². The molecule has 0 unspecified atom stereocenters. The lowest BCUT2D eigenvalue weighted by Crippen LogP contribution is -2.56. The van der Waals surface area contributed by atoms with E-state index in [1.807, 2.05) is 12.1 Å². The van der Waals surface area contributed by atoms with Crippen molar-refractivity contribution in [1.29, 1.82) is 0 Å². The molecule has 3 rings (SSSR count). The van der Waals surface area contributed by atoms with Crippen molar-refractivity contribution in [2.24, 2.45) is 0 Å². The minimum absolute atomic E-state index is 0.136. The summed E-state index contributed by atoms with van der Waals surface area (Å²) in [6.45, 7) is 9.07. The van der Waals surface area contributed by atoms with Gasteiger partial charge in [-0.3, -0.25) is 9.69 Å². The Morgan fingerprint density at radius 2 is 1.62 bits per heavy atom. The van der Waals surface area contributed by atoms with E-state index in [9.17, 15) is 14.4 Å². The highest BCUT2D eigenvalue weighted by molar-refractivity contribution is 7.99. The van der Waals surface area contributed by atoms with Gasteiger partial charge in [-0.05, 0) is 45.4 Å². The van der Waals surface area contributed by atoms with Crippen LogP contribution < -0.4 is 0 Å². The summed E-state index contributed by atoms with van der Waals surface area (Å²) < 4.78 is 10.7. The molecule has 2 aliphatic rings. The van der Waals surface area contributed by atoms with Crippen LogP contribution in [0.2, 0.25) is 5.02 Å². The summed E-state index contributed by atoms with van der Waals surface area (Å²) in [5, 5.41) is 0.254. The number of carbonyl (C=O) groups is 3. The van der Waals surface area contributed by atoms with E-state index in [1.165, 1.54) is 11.8 Å². The van der Waals surface area contributed by atoms with Gasteiger partial charge in [0.15, 0.2) is 0 Å². The van der Waals surface area contributed by atoms with Gasteiger partial charge in [-0.15, -0.1) is 11.8 Å². The molecule has 10 heteroatoms. The van der Waals surface area contributed by atoms with E-state index in [-0.39, 0.29) is 17.4 Å². The molecule has 3 amide bonds. The van der Waals surface area contributed by atoms with Crippen molar-refractivity contribution in [3.63, 3.8) is 0 Å². The fourth-order valence-electron chi connectivity index (χ4n) is 3.65. The maximum atomic E-state index is 13.4. The van der Waals surface area contributed by atoms with Crippen LogP contribution in [0.25, 0.3) is 0 Å². The number of hydrogen-bond donors (Lipinski definition) is 0. The summed E-state index contributed by atoms with van der Waals surface area (Å²) >= 11 is 7.56. The lowest BCUT2D eigenvalue weighted by Gasteiger charge is -2.37. The van der Waals surface area contributed by atoms with Gasteiger partial charge in [-0.2, -0.15) is 0 Å². The van der Waals surface area contributed by atoms with Crippen LogP contribution in [0.3, 0.4) is 0 Å². The van der Waals surface area contributed by atoms with Crippen molar-refractivity contribution >= 4 is 41.5 Å². The highest BCUT2D eigenvalue weighted by Crippen LogP contribution is 2.43. The molecule has 176 valence electrons. The van der Waals surface area contributed by atoms with Crippen molar-refractivity contribution in [1.82, 2.24) is 14.7 Å². The Morgan fingerprint density at radius 3 is 2.19 bits per heavy atom. The van der Waals surface area contributed by atoms with Crippen molar-refractivity contribution in [3.05, 3.63) is 34.9 Å². The summed E-state index contributed by atoms with van der Waals surface area (Å²) in [5.41, 5.74) is 0.195. The maximum Gasteiger partial charge on any atom is 0.412 e. The lowest BCUT2D eigenvalue weighted by molar-refractivity contribution is -0.137. The molecule has 0 saturated carbocycles. The first-order valence-electron chi connectivity index (χ1n) is 10.7. The largest absolute Gasteiger partial charge is 0.450 e. The van der Waals surface area contributed by atoms with E-state index in [1.54, 1.807) is 54.5 Å². The molecular formula is C22H30ClN3O5S. The number of nitrogens with zero attached hydrogens (tertiary/aromatic N) is 3. The van der Waals surface area contributed by atoms with E-state index in [2.05, 4.69) is 0 Å². The molecule has 2 fully saturated rings. The zero-order valence-electron chi connectivity index (χ0n) is 18.9. The van der Waals surface area contributed by atoms with E-state index in [4.69, 9.17) is 21.1 Å². The Bertz CT molecular complexity index is 837. The average molecular weight is 484 g/mol. The zero-order chi connectivity index (χ0) is 23.5. The Morgan fingerprint density at radius 1 is 1.03 bits per heavy atom. The van der Waals surface area contributed by atoms with E-state index >= 15 is 0 Å². The molecule has 0 bridgehead atoms. The summed E-state index contributed by atoms with van der Waals surface area (Å²) in [4.78, 5) is 43.4. The second-order valence-electron chi connectivity index (χ2n) is 8.65. The SMILES string of the molecule is CCOC(=O)N1CCN(C(=O)[C@H]2CS[C@H](c3ccc(Cl)cc3)N2C(=O)OC(C)(C)C)CC1. The van der Waals surface area contributed by atoms with Crippen LogP contribution in [-0.4, -0.2) is 83.0 Å². The summed E-state index contributed by atoms with van der Waals surface area (Å²) in [7, 11) is 0. The highest BCUT2D eigenvalue weighted by Gasteiger charge is 2.46. The molecule has 0 radical (unpaired) electrons. The standard InChI is InChI=1S/C22H30ClN3O5S/c1-5-30-20(28)25-12-10-24(11-13-25)18(27)17-14-32-19(15-6-8-16(23)9-7-15)26(17)21(29)31-22(2,3)4/h6-9,17,19H,5,10-14H2,1-4H3/t17-,19-/m1/s1. The minimum Gasteiger partial charge on any atom is -0.450 e. The summed E-state index contributed by atoms with van der Waals surface area (Å²) in [6, 6.07) is 6.62. The van der Waals surface area contributed by atoms with Gasteiger partial charge in [-0.1, -0.05) is 23.7 Å². The first-order valence-corrected chi connectivity index (χ1v) is 12.1. The topological polar surface area (TPSA) is 79.4 Å². The first-order chi connectivity index (χ1) is 15.1. The number of halogens is 1. The number of ether oxygens (including phenoxy) is 2. The summed E-state index contributed by atoms with van der Waals surface area (Å²) in [5.74, 6) is 0.326. The normalized spacial score (nSPS) is 21.5. The predicted octanol–water partition coefficient (Wildman–Crippen LogP) is 3.99. The average Bonchev–Trinajstić information content (AvgIpc) is 3.18. The van der Waals surface area contributed by atoms with Gasteiger partial charge in [0, 0.05) is 37.0 Å². The Kier molecular flexibility index (Phi) is 7.82. The first kappa shape index (κ1) is 24.5. The molecule has 32 heavy (non-hydrogen) atoms. The number of benzene rings is 1. The summed E-state index contributed by atoms with van der Waals surface area (Å²) in [6.07, 6.45) is -0.889. The van der Waals surface area contributed by atoms with E-state index in [0.29, 0.717) is 43.6 Å². The number of piperazine rings is 1. The molecule has 8 nitrogen and oxygen atoms in total. The number of hydrogen-bond acceptors (Lipinski definition) is 6. The highest BCUT2D eigenvalue weighted by atomic mass is 35.5. The van der Waals surface area contributed by atoms with Crippen molar-refractivity contribution in [3.8, 4) is 0 Å². The number of amides is 3. The second kappa shape index (κ2) is 10.2. The van der Waals surface area contributed by atoms with Crippen LogP contribution in [0.15, 0.2) is 24.3 Å². The van der Waals surface area contributed by atoms with Crippen molar-refractivity contribution < 1.29 is 23.9 Å². The minimum atomic E-state index is -0.687. The molecule has 2 saturated heterocycles. The third kappa shape index (κ3) is 5.81. The van der Waals surface area contributed by atoms with Crippen LogP contribution in [-0.2, 0) is 14.3 Å². The monoisotopic (exact) mass is 483 g/mol. The van der Waals surface area contributed by atoms with Gasteiger partial charge >= 0.3 is 12.2 Å². The van der Waals surface area contributed by atoms with Gasteiger partial charge in [0.25, 0.3) is 0 Å².